The maximum atomic E-state index is 14.9. The molecule has 6 rings (SSSR count). The predicted molar refractivity (Wildman–Crippen MR) is 267 cm³/mol. The zero-order valence-electron chi connectivity index (χ0n) is 40.0. The lowest BCUT2D eigenvalue weighted by atomic mass is 9.67. The minimum atomic E-state index is -1.67. The molecule has 5 unspecified atom stereocenters. The molecule has 0 aromatic heterocycles. The fourth-order valence-corrected chi connectivity index (χ4v) is 14.2. The lowest BCUT2D eigenvalue weighted by molar-refractivity contribution is -0.151. The Morgan fingerprint density at radius 1 is 0.634 bits per heavy atom. The maximum Gasteiger partial charge on any atom is 0.322 e. The normalized spacial score (nSPS) is 28.0. The largest absolute Gasteiger partial charge is 0.481 e. The number of fused-ring (bicyclic) bond motifs is 1. The van der Waals surface area contributed by atoms with E-state index >= 15 is 0 Å². The van der Waals surface area contributed by atoms with Crippen molar-refractivity contribution < 1.29 is 58.5 Å². The summed E-state index contributed by atoms with van der Waals surface area (Å²) in [5.74, 6) is -10.4. The van der Waals surface area contributed by atoms with Gasteiger partial charge in [0.2, 0.25) is 29.5 Å². The molecule has 3 saturated heterocycles. The van der Waals surface area contributed by atoms with Gasteiger partial charge < -0.3 is 47.6 Å². The summed E-state index contributed by atoms with van der Waals surface area (Å²) in [5.41, 5.74) is 7.12. The quantitative estimate of drug-likeness (QED) is 0.0881. The van der Waals surface area contributed by atoms with Crippen LogP contribution < -0.4 is 43.0 Å². The second-order valence-corrected chi connectivity index (χ2v) is 24.8. The molecule has 20 nitrogen and oxygen atoms in total. The molecule has 1 saturated carbocycles. The second-order valence-electron chi connectivity index (χ2n) is 19.4. The minimum Gasteiger partial charge on any atom is -0.481 e. The number of Topliss-reactive ketones (excluding diaryl/α,β-unsaturated/α-hetero) is 1. The molecule has 3 heterocycles. The highest BCUT2D eigenvalue weighted by atomic mass is 32.2. The Kier molecular flexibility index (Phi) is 16.6. The van der Waals surface area contributed by atoms with Crippen LogP contribution in [-0.4, -0.2) is 135 Å². The first-order valence-corrected chi connectivity index (χ1v) is 25.3. The smallest absolute Gasteiger partial charge is 0.322 e. The lowest BCUT2D eigenvalue weighted by Gasteiger charge is -2.40. The number of rotatable bonds is 19. The van der Waals surface area contributed by atoms with Crippen molar-refractivity contribution in [3.8, 4) is 0 Å². The summed E-state index contributed by atoms with van der Waals surface area (Å²) in [5, 5.41) is 46.8. The van der Waals surface area contributed by atoms with Gasteiger partial charge in [0.15, 0.2) is 5.78 Å². The average Bonchev–Trinajstić information content (AvgIpc) is 3.91. The van der Waals surface area contributed by atoms with Crippen molar-refractivity contribution in [1.29, 1.82) is 0 Å². The summed E-state index contributed by atoms with van der Waals surface area (Å²) in [7, 11) is 0. The van der Waals surface area contributed by atoms with Gasteiger partial charge >= 0.3 is 17.9 Å². The standard InChI is InChI=1S/C48H60N8O12S3/c1-9-16-21(2)26(49)36(58)53-30(41-55-34(44(65)66)47(5,6)70-41)39(61)51-28(23-19-14-11-15-20-23)38(60)54-31(42-56-35(45(67)68)48(7,8)71-42)40(62)50-27(22-17-12-10-13-18-22)37(59)52-29-32(57)24-25(43(63)64)46(3,4)69-33(24)29/h9-20,24-31,33-35,41-42,55-56H,1,49H2,2-8H3,(H,50,62)(H,51,61)(H,52,59)(H,53,58)(H,54,60)(H,63,64)(H,65,66)(H,67,68)/b21-16+/t24?,25-,26+,27+,28+,29+,30?,31?,33-,34-,35-,41?,42?/m0/s1. The number of carboxylic acid groups (broad SMARTS) is 3. The van der Waals surface area contributed by atoms with Gasteiger partial charge in [0, 0.05) is 25.4 Å². The van der Waals surface area contributed by atoms with Crippen LogP contribution in [-0.2, 0) is 43.2 Å². The Morgan fingerprint density at radius 3 is 1.48 bits per heavy atom. The number of nitrogens with two attached hydrogens (primary N) is 1. The molecule has 382 valence electrons. The van der Waals surface area contributed by atoms with E-state index in [0.29, 0.717) is 5.57 Å². The topological polar surface area (TPSA) is 325 Å². The molecule has 23 heteroatoms. The number of amides is 5. The third-order valence-corrected chi connectivity index (χ3v) is 17.8. The number of carbonyl (C=O) groups excluding carboxylic acids is 6. The summed E-state index contributed by atoms with van der Waals surface area (Å²) in [6.07, 6.45) is 2.94. The number of aliphatic carboxylic acids is 3. The number of nitrogens with one attached hydrogen (secondary N) is 7. The summed E-state index contributed by atoms with van der Waals surface area (Å²) in [6, 6.07) is 4.82. The summed E-state index contributed by atoms with van der Waals surface area (Å²) in [6.45, 7) is 15.2. The van der Waals surface area contributed by atoms with Crippen LogP contribution in [0.4, 0.5) is 0 Å². The van der Waals surface area contributed by atoms with E-state index in [2.05, 4.69) is 43.8 Å². The van der Waals surface area contributed by atoms with Crippen LogP contribution in [0.5, 0.6) is 0 Å². The van der Waals surface area contributed by atoms with Crippen LogP contribution in [0, 0.1) is 11.8 Å². The van der Waals surface area contributed by atoms with E-state index in [0.717, 1.165) is 23.5 Å². The van der Waals surface area contributed by atoms with E-state index in [4.69, 9.17) is 5.73 Å². The Bertz CT molecular complexity index is 2490. The second kappa shape index (κ2) is 21.6. The Balaban J connectivity index is 1.33. The van der Waals surface area contributed by atoms with E-state index in [9.17, 15) is 58.5 Å². The summed E-state index contributed by atoms with van der Waals surface area (Å²) >= 11 is 3.38. The van der Waals surface area contributed by atoms with Gasteiger partial charge in [-0.05, 0) is 65.2 Å². The van der Waals surface area contributed by atoms with Crippen LogP contribution in [0.1, 0.15) is 71.7 Å². The molecule has 1 aliphatic carbocycles. The number of allylic oxidation sites excluding steroid dienone is 2. The van der Waals surface area contributed by atoms with Crippen LogP contribution in [0.3, 0.4) is 0 Å². The third kappa shape index (κ3) is 11.7. The number of ketones is 1. The molecule has 0 bridgehead atoms. The number of benzene rings is 2. The molecular weight excluding hydrogens is 977 g/mol. The first-order valence-electron chi connectivity index (χ1n) is 22.6. The van der Waals surface area contributed by atoms with Gasteiger partial charge in [-0.1, -0.05) is 79.4 Å². The van der Waals surface area contributed by atoms with Gasteiger partial charge in [-0.2, -0.15) is 0 Å². The number of hydrogen-bond donors (Lipinski definition) is 11. The molecule has 0 radical (unpaired) electrons. The SMILES string of the molecule is C=C/C=C(\C)[C@@H](N)C(=O)NC(C(=O)N[C@@H](C(=O)NC(C(=O)N[C@@H](C(=O)N[C@@H]1C(=O)C2[C@@H](C(=O)O)C(C)(C)S[C@@H]21)c1ccccc1)C1N[C@@H](C(=O)O)C(C)(C)S1)c1ccccc1)C1N[C@@H](C(=O)O)C(C)(C)S1. The van der Waals surface area contributed by atoms with Crippen LogP contribution in [0.2, 0.25) is 0 Å². The third-order valence-electron chi connectivity index (χ3n) is 13.1. The summed E-state index contributed by atoms with van der Waals surface area (Å²) < 4.78 is -2.88. The first-order chi connectivity index (χ1) is 33.2. The first kappa shape index (κ1) is 54.6. The molecule has 2 aromatic carbocycles. The zero-order valence-corrected chi connectivity index (χ0v) is 42.4. The fourth-order valence-electron chi connectivity index (χ4n) is 9.36. The minimum absolute atomic E-state index is 0.207. The Labute approximate surface area is 423 Å². The molecule has 2 aromatic rings. The highest BCUT2D eigenvalue weighted by Crippen LogP contribution is 2.57. The van der Waals surface area contributed by atoms with E-state index in [1.54, 1.807) is 97.0 Å². The van der Waals surface area contributed by atoms with Gasteiger partial charge in [-0.15, -0.1) is 35.3 Å². The summed E-state index contributed by atoms with van der Waals surface area (Å²) in [4.78, 5) is 123. The molecule has 71 heavy (non-hydrogen) atoms. The fraction of sp³-hybridized carbons (Fsp3) is 0.479. The van der Waals surface area contributed by atoms with Gasteiger partial charge in [0.1, 0.15) is 48.3 Å². The highest BCUT2D eigenvalue weighted by Gasteiger charge is 2.66. The van der Waals surface area contributed by atoms with Crippen LogP contribution in [0.15, 0.2) is 85.0 Å². The van der Waals surface area contributed by atoms with Crippen molar-refractivity contribution >= 4 is 88.5 Å². The van der Waals surface area contributed by atoms with Crippen molar-refractivity contribution in [2.24, 2.45) is 17.6 Å². The molecule has 13 atom stereocenters. The zero-order chi connectivity index (χ0) is 52.5. The van der Waals surface area contributed by atoms with Crippen molar-refractivity contribution in [1.82, 2.24) is 37.2 Å². The number of carbonyl (C=O) groups is 9. The number of carboxylic acids is 3. The van der Waals surface area contributed by atoms with E-state index in [1.807, 2.05) is 0 Å². The van der Waals surface area contributed by atoms with Crippen molar-refractivity contribution in [3.05, 3.63) is 96.1 Å². The van der Waals surface area contributed by atoms with E-state index in [1.165, 1.54) is 36.0 Å². The van der Waals surface area contributed by atoms with Crippen LogP contribution >= 0.6 is 35.3 Å². The molecule has 5 amide bonds. The van der Waals surface area contributed by atoms with Gasteiger partial charge in [0.25, 0.3) is 0 Å². The molecular formula is C48H60N8O12S3. The maximum absolute atomic E-state index is 14.9. The molecule has 0 spiro atoms. The van der Waals surface area contributed by atoms with E-state index < -0.39 is 144 Å². The number of thioether (sulfide) groups is 3. The van der Waals surface area contributed by atoms with E-state index in [-0.39, 0.29) is 11.1 Å². The highest BCUT2D eigenvalue weighted by molar-refractivity contribution is 8.02. The molecule has 4 aliphatic rings. The predicted octanol–water partition coefficient (Wildman–Crippen LogP) is 1.20. The van der Waals surface area contributed by atoms with Gasteiger partial charge in [-0.25, -0.2) is 0 Å². The number of hydrogen-bond acceptors (Lipinski definition) is 15. The lowest BCUT2D eigenvalue weighted by Crippen LogP contribution is -2.65. The Morgan fingerprint density at radius 2 is 1.07 bits per heavy atom. The average molecular weight is 1040 g/mol. The van der Waals surface area contributed by atoms with Gasteiger partial charge in [-0.3, -0.25) is 53.8 Å². The van der Waals surface area contributed by atoms with Gasteiger partial charge in [0.05, 0.1) is 16.7 Å². The van der Waals surface area contributed by atoms with Crippen molar-refractivity contribution in [3.63, 3.8) is 0 Å². The van der Waals surface area contributed by atoms with Crippen LogP contribution in [0.25, 0.3) is 0 Å². The molecule has 12 N–H and O–H groups in total. The molecule has 4 fully saturated rings. The molecule has 3 aliphatic heterocycles. The van der Waals surface area contributed by atoms with Crippen molar-refractivity contribution in [2.75, 3.05) is 0 Å². The Hall–Kier alpha value is -5.72. The van der Waals surface area contributed by atoms with Crippen molar-refractivity contribution in [2.45, 2.75) is 127 Å². The monoisotopic (exact) mass is 1040 g/mol.